The highest BCUT2D eigenvalue weighted by molar-refractivity contribution is 7.44. The Morgan fingerprint density at radius 1 is 1.33 bits per heavy atom. The minimum atomic E-state index is -1.29. The maximum atomic E-state index is 14.3. The molecule has 2 bridgehead atoms. The van der Waals surface area contributed by atoms with Crippen LogP contribution in [0.2, 0.25) is 0 Å². The van der Waals surface area contributed by atoms with Crippen molar-refractivity contribution in [3.63, 3.8) is 0 Å². The lowest BCUT2D eigenvalue weighted by molar-refractivity contribution is -0.0650. The first-order chi connectivity index (χ1) is 11.6. The van der Waals surface area contributed by atoms with Crippen LogP contribution in [-0.4, -0.2) is 48.9 Å². The summed E-state index contributed by atoms with van der Waals surface area (Å²) in [5.74, 6) is -0.195. The quantitative estimate of drug-likeness (QED) is 0.408. The lowest BCUT2D eigenvalue weighted by Gasteiger charge is -2.35. The summed E-state index contributed by atoms with van der Waals surface area (Å²) in [5.41, 5.74) is -0.507. The molecule has 0 aromatic carbocycles. The third kappa shape index (κ3) is 4.26. The first kappa shape index (κ1) is 20.0. The Bertz CT molecular complexity index is 431. The van der Waals surface area contributed by atoms with E-state index in [9.17, 15) is 4.39 Å². The molecule has 1 saturated heterocycles. The van der Waals surface area contributed by atoms with Crippen LogP contribution in [0, 0.1) is 17.2 Å². The van der Waals surface area contributed by atoms with E-state index in [0.29, 0.717) is 26.1 Å². The molecule has 1 unspecified atom stereocenters. The van der Waals surface area contributed by atoms with Gasteiger partial charge in [0.1, 0.15) is 12.3 Å². The summed E-state index contributed by atoms with van der Waals surface area (Å²) in [6.45, 7) is 8.82. The van der Waals surface area contributed by atoms with E-state index in [1.807, 2.05) is 6.92 Å². The number of fused-ring (bicyclic) bond motifs is 2. The number of hydrogen-bond acceptors (Lipinski definition) is 5. The molecule has 5 nitrogen and oxygen atoms in total. The van der Waals surface area contributed by atoms with Gasteiger partial charge in [-0.1, -0.05) is 20.8 Å². The second kappa shape index (κ2) is 9.40. The Hall–Kier alpha value is -0.310. The number of halogens is 1. The fourth-order valence-corrected chi connectivity index (χ4v) is 5.51. The van der Waals surface area contributed by atoms with E-state index in [4.69, 9.17) is 19.0 Å². The molecule has 2 fully saturated rings. The van der Waals surface area contributed by atoms with Gasteiger partial charge in [-0.25, -0.2) is 9.06 Å². The van der Waals surface area contributed by atoms with E-state index in [1.54, 1.807) is 0 Å². The van der Waals surface area contributed by atoms with E-state index in [1.165, 1.54) is 0 Å². The average Bonchev–Trinajstić information content (AvgIpc) is 3.05. The van der Waals surface area contributed by atoms with Crippen molar-refractivity contribution >= 4 is 8.53 Å². The first-order valence-electron chi connectivity index (χ1n) is 9.11. The molecule has 1 aliphatic carbocycles. The van der Waals surface area contributed by atoms with E-state index in [2.05, 4.69) is 24.6 Å². The van der Waals surface area contributed by atoms with Gasteiger partial charge in [-0.05, 0) is 19.3 Å². The van der Waals surface area contributed by atoms with Crippen LogP contribution in [-0.2, 0) is 13.8 Å². The Labute approximate surface area is 146 Å². The van der Waals surface area contributed by atoms with Crippen molar-refractivity contribution in [1.29, 1.82) is 5.26 Å². The molecule has 0 radical (unpaired) electrons. The zero-order chi connectivity index (χ0) is 17.6. The van der Waals surface area contributed by atoms with Gasteiger partial charge in [-0.15, -0.1) is 0 Å². The second-order valence-electron chi connectivity index (χ2n) is 6.57. The van der Waals surface area contributed by atoms with Crippen LogP contribution in [0.1, 0.15) is 52.9 Å². The average molecular weight is 360 g/mol. The molecule has 1 heterocycles. The predicted molar refractivity (Wildman–Crippen MR) is 92.1 cm³/mol. The van der Waals surface area contributed by atoms with Gasteiger partial charge in [0.15, 0.2) is 0 Å². The van der Waals surface area contributed by atoms with Gasteiger partial charge in [0, 0.05) is 25.4 Å². The molecule has 7 heteroatoms. The van der Waals surface area contributed by atoms with Gasteiger partial charge in [0.2, 0.25) is 0 Å². The lowest BCUT2D eigenvalue weighted by atomic mass is 9.97. The molecule has 24 heavy (non-hydrogen) atoms. The van der Waals surface area contributed by atoms with Crippen molar-refractivity contribution in [2.75, 3.05) is 26.3 Å². The van der Waals surface area contributed by atoms with Crippen molar-refractivity contribution in [2.45, 2.75) is 70.8 Å². The number of rotatable bonds is 11. The van der Waals surface area contributed by atoms with Gasteiger partial charge in [-0.3, -0.25) is 0 Å². The van der Waals surface area contributed by atoms with Crippen LogP contribution in [0.5, 0.6) is 0 Å². The minimum Gasteiger partial charge on any atom is -0.372 e. The van der Waals surface area contributed by atoms with Crippen LogP contribution in [0.4, 0.5) is 4.39 Å². The van der Waals surface area contributed by atoms with Gasteiger partial charge in [-0.2, -0.15) is 5.26 Å². The fourth-order valence-electron chi connectivity index (χ4n) is 3.63. The van der Waals surface area contributed by atoms with Crippen molar-refractivity contribution < 1.29 is 18.2 Å². The van der Waals surface area contributed by atoms with Crippen molar-refractivity contribution in [3.8, 4) is 6.07 Å². The molecular weight excluding hydrogens is 330 g/mol. The summed E-state index contributed by atoms with van der Waals surface area (Å²) in [6.07, 6.45) is 2.40. The molecule has 1 saturated carbocycles. The third-order valence-electron chi connectivity index (χ3n) is 4.89. The van der Waals surface area contributed by atoms with Gasteiger partial charge in [0.25, 0.3) is 8.53 Å². The summed E-state index contributed by atoms with van der Waals surface area (Å²) in [4.78, 5) is 0. The van der Waals surface area contributed by atoms with Crippen molar-refractivity contribution in [2.24, 2.45) is 5.92 Å². The Morgan fingerprint density at radius 2 is 2.04 bits per heavy atom. The highest BCUT2D eigenvalue weighted by atomic mass is 31.2. The monoisotopic (exact) mass is 360 g/mol. The van der Waals surface area contributed by atoms with E-state index >= 15 is 0 Å². The van der Waals surface area contributed by atoms with Crippen LogP contribution in [0.25, 0.3) is 0 Å². The normalized spacial score (nSPS) is 33.1. The van der Waals surface area contributed by atoms with E-state index in [0.717, 1.165) is 32.4 Å². The smallest absolute Gasteiger partial charge is 0.259 e. The molecule has 5 atom stereocenters. The number of ether oxygens (including phenoxy) is 1. The minimum absolute atomic E-state index is 0.195. The molecule has 0 amide bonds. The van der Waals surface area contributed by atoms with Gasteiger partial charge in [0.05, 0.1) is 31.3 Å². The van der Waals surface area contributed by atoms with Crippen LogP contribution in [0.3, 0.4) is 0 Å². The maximum absolute atomic E-state index is 14.3. The maximum Gasteiger partial charge on any atom is 0.259 e. The number of alkyl halides is 1. The Kier molecular flexibility index (Phi) is 7.84. The van der Waals surface area contributed by atoms with Gasteiger partial charge >= 0.3 is 0 Å². The summed E-state index contributed by atoms with van der Waals surface area (Å²) in [5, 5.41) is 8.77. The highest BCUT2D eigenvalue weighted by Crippen LogP contribution is 2.56. The molecule has 2 rings (SSSR count). The van der Waals surface area contributed by atoms with Crippen LogP contribution in [0.15, 0.2) is 0 Å². The summed E-state index contributed by atoms with van der Waals surface area (Å²) in [7, 11) is -1.29. The largest absolute Gasteiger partial charge is 0.372 e. The summed E-state index contributed by atoms with van der Waals surface area (Å²) < 4.78 is 34.7. The lowest BCUT2D eigenvalue weighted by Crippen LogP contribution is -2.38. The molecule has 138 valence electrons. The topological polar surface area (TPSA) is 54.7 Å². The zero-order valence-electron chi connectivity index (χ0n) is 15.0. The van der Waals surface area contributed by atoms with E-state index < -0.39 is 20.3 Å². The number of nitrogens with zero attached hydrogens (tertiary/aromatic N) is 2. The third-order valence-corrected chi connectivity index (χ3v) is 6.56. The second-order valence-corrected chi connectivity index (χ2v) is 8.08. The molecule has 0 N–H and O–H groups in total. The first-order valence-corrected chi connectivity index (χ1v) is 10.2. The number of nitriles is 1. The SMILES string of the molecule is CCCN(CCC)P(OCCC#N)O[C@H]1[C@H]2CO[C@@]1(CC)C[C@H]2F. The molecule has 0 aromatic rings. The molecule has 1 aliphatic heterocycles. The van der Waals surface area contributed by atoms with Crippen LogP contribution < -0.4 is 0 Å². The summed E-state index contributed by atoms with van der Waals surface area (Å²) >= 11 is 0. The Morgan fingerprint density at radius 3 is 2.58 bits per heavy atom. The van der Waals surface area contributed by atoms with Crippen LogP contribution >= 0.6 is 8.53 Å². The fraction of sp³-hybridized carbons (Fsp3) is 0.941. The zero-order valence-corrected chi connectivity index (χ0v) is 15.9. The molecule has 2 aliphatic rings. The molecule has 0 aromatic heterocycles. The Balaban J connectivity index is 2.10. The van der Waals surface area contributed by atoms with Gasteiger partial charge < -0.3 is 13.8 Å². The number of hydrogen-bond donors (Lipinski definition) is 0. The highest BCUT2D eigenvalue weighted by Gasteiger charge is 2.61. The standard InChI is InChI=1S/C17H30FN2O3P/c1-4-9-20(10-5-2)24(22-11-7-8-19)23-16-14-13-21-17(16,6-3)12-15(14)18/h14-16H,4-7,9-13H2,1-3H3/t14-,15+,16-,17-,24?/m0/s1. The van der Waals surface area contributed by atoms with Crippen molar-refractivity contribution in [1.82, 2.24) is 4.67 Å². The molecule has 0 spiro atoms. The van der Waals surface area contributed by atoms with E-state index in [-0.39, 0.29) is 12.0 Å². The molecular formula is C17H30FN2O3P. The van der Waals surface area contributed by atoms with Crippen molar-refractivity contribution in [3.05, 3.63) is 0 Å². The summed E-state index contributed by atoms with van der Waals surface area (Å²) in [6, 6.07) is 2.10. The predicted octanol–water partition coefficient (Wildman–Crippen LogP) is 4.19.